The van der Waals surface area contributed by atoms with Gasteiger partial charge in [0, 0.05) is 48.6 Å². The van der Waals surface area contributed by atoms with Crippen LogP contribution >= 0.6 is 11.6 Å². The first kappa shape index (κ1) is 59.7. The number of aromatic nitrogens is 10. The van der Waals surface area contributed by atoms with Crippen molar-refractivity contribution in [3.63, 3.8) is 0 Å². The SMILES string of the molecule is C.C.COc1ccc(CNc2ncc3ccc(CC[C@H]4C[C@@H](n5ccc6c(Cl)ncnc65)[C@@H]5OC(C)(C)O[C@H]45)cc3n2)cc1.COc1ccc(CNc2ncc3ccc(CC[C@H]4C[C@@H](n5ccc6c(N)ncnc65)[C@@H]5OC(C)(C)O[C@H]45)cc3n2)cc1. The molecule has 14 rings (SSSR count). The van der Waals surface area contributed by atoms with Crippen LogP contribution in [0.15, 0.2) is 135 Å². The molecule has 86 heavy (non-hydrogen) atoms. The number of anilines is 3. The van der Waals surface area contributed by atoms with Crippen LogP contribution in [0.1, 0.15) is 103 Å². The smallest absolute Gasteiger partial charge is 0.223 e. The topological polar surface area (TPSA) is 218 Å². The van der Waals surface area contributed by atoms with Crippen molar-refractivity contribution in [1.82, 2.24) is 49.0 Å². The molecule has 6 aromatic heterocycles. The van der Waals surface area contributed by atoms with Crippen LogP contribution in [0.4, 0.5) is 17.7 Å². The monoisotopic (exact) mass is 1180 g/mol. The Bertz CT molecular complexity index is 3730. The average molecular weight is 1180 g/mol. The third-order valence-electron chi connectivity index (χ3n) is 16.9. The highest BCUT2D eigenvalue weighted by atomic mass is 35.5. The molecule has 8 heterocycles. The highest BCUT2D eigenvalue weighted by Gasteiger charge is 2.55. The summed E-state index contributed by atoms with van der Waals surface area (Å²) < 4.78 is 40.7. The summed E-state index contributed by atoms with van der Waals surface area (Å²) in [6.07, 6.45) is 16.5. The lowest BCUT2D eigenvalue weighted by Gasteiger charge is -2.24. The van der Waals surface area contributed by atoms with E-state index < -0.39 is 11.6 Å². The minimum absolute atomic E-state index is 0. The predicted molar refractivity (Wildman–Crippen MR) is 336 cm³/mol. The number of halogens is 1. The van der Waals surface area contributed by atoms with Gasteiger partial charge >= 0.3 is 0 Å². The van der Waals surface area contributed by atoms with Gasteiger partial charge in [-0.15, -0.1) is 0 Å². The molecule has 0 bridgehead atoms. The summed E-state index contributed by atoms with van der Waals surface area (Å²) in [6.45, 7) is 9.25. The van der Waals surface area contributed by atoms with E-state index >= 15 is 0 Å². The number of nitrogens with one attached hydrogen (secondary N) is 2. The number of methoxy groups -OCH3 is 2. The average Bonchev–Trinajstić information content (AvgIpc) is 1.87. The zero-order valence-electron chi connectivity index (χ0n) is 47.9. The second-order valence-corrected chi connectivity index (χ2v) is 23.6. The first-order valence-corrected chi connectivity index (χ1v) is 29.1. The lowest BCUT2D eigenvalue weighted by Crippen LogP contribution is -2.27. The molecule has 19 nitrogen and oxygen atoms in total. The molecule has 10 aromatic rings. The Hall–Kier alpha value is -8.07. The highest BCUT2D eigenvalue weighted by Crippen LogP contribution is 2.51. The number of nitrogen functional groups attached to an aromatic ring is 1. The molecule has 0 radical (unpaired) electrons. The van der Waals surface area contributed by atoms with Crippen LogP contribution in [0.2, 0.25) is 5.15 Å². The van der Waals surface area contributed by atoms with Crippen LogP contribution < -0.4 is 25.8 Å². The van der Waals surface area contributed by atoms with Crippen molar-refractivity contribution in [2.45, 2.75) is 142 Å². The molecular formula is C66H76ClN13O6. The molecule has 0 spiro atoms. The molecule has 4 aliphatic rings. The number of benzene rings is 4. The highest BCUT2D eigenvalue weighted by molar-refractivity contribution is 6.33. The number of rotatable bonds is 16. The number of ether oxygens (including phenoxy) is 6. The van der Waals surface area contributed by atoms with Gasteiger partial charge in [0.25, 0.3) is 0 Å². The van der Waals surface area contributed by atoms with Crippen molar-refractivity contribution in [3.05, 3.63) is 162 Å². The summed E-state index contributed by atoms with van der Waals surface area (Å²) in [5.74, 6) is 2.80. The first-order chi connectivity index (χ1) is 40.7. The summed E-state index contributed by atoms with van der Waals surface area (Å²) in [6, 6.07) is 33.0. The Labute approximate surface area is 506 Å². The molecule has 8 atom stereocenters. The predicted octanol–water partition coefficient (Wildman–Crippen LogP) is 12.9. The van der Waals surface area contributed by atoms with Crippen molar-refractivity contribution in [1.29, 1.82) is 0 Å². The van der Waals surface area contributed by atoms with Crippen LogP contribution in [-0.2, 0) is 44.9 Å². The van der Waals surface area contributed by atoms with E-state index in [0.29, 0.717) is 47.8 Å². The van der Waals surface area contributed by atoms with Gasteiger partial charge in [-0.1, -0.05) is 75.0 Å². The molecule has 0 unspecified atom stereocenters. The largest absolute Gasteiger partial charge is 0.497 e. The standard InChI is InChI=1S/C32H33ClN6O3.C32H35N7O3.2CH4/c2*1-32(2)41-27-21(15-26(28(27)42-32)39-13-12-24-29(33)36-18-37-30(24)39)8-4-19-5-9-22-17-35-31(38-25(22)14-19)34-16-20-6-10-23(40-3)11-7-20;;/h5-7,9-14,17-18,21,26-28H,4,8,15-16H2,1-3H3,(H,34,35,38);5-7,9-14,17-18,21,26-28H,4,8,15-16H2,1-3H3,(H2,33,36,37)(H,34,35,38);2*1H4/t2*21-,26+,27+,28-;;/m00../s1. The second kappa shape index (κ2) is 24.7. The third-order valence-corrected chi connectivity index (χ3v) is 17.2. The summed E-state index contributed by atoms with van der Waals surface area (Å²) in [5, 5.41) is 10.9. The van der Waals surface area contributed by atoms with E-state index in [0.717, 1.165) is 105 Å². The van der Waals surface area contributed by atoms with E-state index in [4.69, 9.17) is 55.7 Å². The minimum Gasteiger partial charge on any atom is -0.497 e. The van der Waals surface area contributed by atoms with Crippen LogP contribution in [0.25, 0.3) is 43.9 Å². The molecule has 4 N–H and O–H groups in total. The van der Waals surface area contributed by atoms with Crippen molar-refractivity contribution in [2.24, 2.45) is 11.8 Å². The van der Waals surface area contributed by atoms with E-state index in [9.17, 15) is 0 Å². The van der Waals surface area contributed by atoms with Gasteiger partial charge in [-0.2, -0.15) is 0 Å². The summed E-state index contributed by atoms with van der Waals surface area (Å²) in [4.78, 5) is 36.0. The van der Waals surface area contributed by atoms with Crippen molar-refractivity contribution in [3.8, 4) is 11.5 Å². The molecule has 2 saturated carbocycles. The zero-order valence-corrected chi connectivity index (χ0v) is 48.6. The maximum absolute atomic E-state index is 6.47. The molecule has 2 aliphatic carbocycles. The number of fused-ring (bicyclic) bond motifs is 6. The molecule has 2 saturated heterocycles. The maximum atomic E-state index is 6.47. The van der Waals surface area contributed by atoms with Gasteiger partial charge in [0.1, 0.15) is 58.6 Å². The zero-order chi connectivity index (χ0) is 57.7. The van der Waals surface area contributed by atoms with Crippen molar-refractivity contribution >= 4 is 73.2 Å². The first-order valence-electron chi connectivity index (χ1n) is 28.7. The quantitative estimate of drug-likeness (QED) is 0.0766. The van der Waals surface area contributed by atoms with Crippen LogP contribution in [-0.4, -0.2) is 99.2 Å². The van der Waals surface area contributed by atoms with Crippen LogP contribution in [0.5, 0.6) is 11.5 Å². The van der Waals surface area contributed by atoms with Gasteiger partial charge in [-0.05, 0) is 149 Å². The van der Waals surface area contributed by atoms with Gasteiger partial charge in [-0.25, -0.2) is 39.9 Å². The van der Waals surface area contributed by atoms with Crippen LogP contribution in [0, 0.1) is 11.8 Å². The lowest BCUT2D eigenvalue weighted by molar-refractivity contribution is -0.160. The molecule has 4 aromatic carbocycles. The molecule has 4 fully saturated rings. The number of nitrogens with zero attached hydrogens (tertiary/aromatic N) is 10. The number of hydrogen-bond acceptors (Lipinski definition) is 17. The van der Waals surface area contributed by atoms with E-state index in [-0.39, 0.29) is 51.4 Å². The normalized spacial score (nSPS) is 22.4. The fourth-order valence-electron chi connectivity index (χ4n) is 12.9. The van der Waals surface area contributed by atoms with Crippen molar-refractivity contribution in [2.75, 3.05) is 30.6 Å². The van der Waals surface area contributed by atoms with E-state index in [1.165, 1.54) is 23.8 Å². The molecule has 0 amide bonds. The fourth-order valence-corrected chi connectivity index (χ4v) is 13.1. The molecule has 2 aliphatic heterocycles. The lowest BCUT2D eigenvalue weighted by atomic mass is 9.95. The Morgan fingerprint density at radius 3 is 1.45 bits per heavy atom. The van der Waals surface area contributed by atoms with Gasteiger partial charge in [0.2, 0.25) is 11.9 Å². The number of hydrogen-bond donors (Lipinski definition) is 3. The van der Waals surface area contributed by atoms with Gasteiger partial charge < -0.3 is 53.9 Å². The van der Waals surface area contributed by atoms with E-state index in [1.807, 2.05) is 107 Å². The summed E-state index contributed by atoms with van der Waals surface area (Å²) >= 11 is 6.35. The summed E-state index contributed by atoms with van der Waals surface area (Å²) in [5.41, 5.74) is 14.4. The van der Waals surface area contributed by atoms with E-state index in [2.05, 4.69) is 92.3 Å². The Kier molecular flexibility index (Phi) is 17.2. The van der Waals surface area contributed by atoms with Gasteiger partial charge in [0.15, 0.2) is 11.6 Å². The van der Waals surface area contributed by atoms with E-state index in [1.54, 1.807) is 14.2 Å². The van der Waals surface area contributed by atoms with Crippen LogP contribution in [0.3, 0.4) is 0 Å². The number of aryl methyl sites for hydroxylation is 2. The fraction of sp³-hybridized carbons (Fsp3) is 0.394. The molecule has 20 heteroatoms. The van der Waals surface area contributed by atoms with Crippen molar-refractivity contribution < 1.29 is 28.4 Å². The summed E-state index contributed by atoms with van der Waals surface area (Å²) in [7, 11) is 3.34. The third kappa shape index (κ3) is 12.3. The minimum atomic E-state index is -0.628. The van der Waals surface area contributed by atoms with Gasteiger partial charge in [-0.3, -0.25) is 0 Å². The second-order valence-electron chi connectivity index (χ2n) is 23.3. The number of nitrogens with two attached hydrogens (primary N) is 1. The Morgan fingerprint density at radius 2 is 0.977 bits per heavy atom. The molecular weight excluding hydrogens is 1110 g/mol. The van der Waals surface area contributed by atoms with Gasteiger partial charge in [0.05, 0.1) is 60.3 Å². The molecule has 448 valence electrons. The Morgan fingerprint density at radius 1 is 0.547 bits per heavy atom. The maximum Gasteiger partial charge on any atom is 0.223 e. The Balaban J connectivity index is 0.000000175.